The Kier molecular flexibility index (Phi) is 11.9. The number of carbonyl (C=O) groups excluding carboxylic acids is 1. The van der Waals surface area contributed by atoms with Crippen molar-refractivity contribution in [2.75, 3.05) is 13.1 Å². The van der Waals surface area contributed by atoms with Gasteiger partial charge in [0.25, 0.3) is 5.91 Å². The number of benzene rings is 1. The lowest BCUT2D eigenvalue weighted by Gasteiger charge is -2.17. The first-order valence-electron chi connectivity index (χ1n) is 9.99. The first kappa shape index (κ1) is 25.4. The number of aliphatic imine (C=N–C) groups is 1. The largest absolute Gasteiger partial charge is 0.357 e. The van der Waals surface area contributed by atoms with Gasteiger partial charge >= 0.3 is 0 Å². The van der Waals surface area contributed by atoms with E-state index in [1.807, 2.05) is 42.5 Å². The average Bonchev–Trinajstić information content (AvgIpc) is 3.09. The molecule has 0 fully saturated rings. The molecular formula is C22H33IN4OS. The van der Waals surface area contributed by atoms with Gasteiger partial charge in [-0.05, 0) is 57.0 Å². The van der Waals surface area contributed by atoms with Crippen molar-refractivity contribution in [3.05, 3.63) is 57.3 Å². The minimum Gasteiger partial charge on any atom is -0.357 e. The molecule has 0 aliphatic carbocycles. The third kappa shape index (κ3) is 9.16. The SMILES string of the molecule is CCCNC(=O)c1cccc(CN=C(NCC)NC(C)Cc2ccc(C)s2)c1.I. The van der Waals surface area contributed by atoms with Crippen LogP contribution in [0.15, 0.2) is 41.4 Å². The molecule has 1 aromatic carbocycles. The van der Waals surface area contributed by atoms with Crippen LogP contribution < -0.4 is 16.0 Å². The highest BCUT2D eigenvalue weighted by Crippen LogP contribution is 2.16. The topological polar surface area (TPSA) is 65.5 Å². The van der Waals surface area contributed by atoms with E-state index in [-0.39, 0.29) is 35.9 Å². The molecule has 0 spiro atoms. The van der Waals surface area contributed by atoms with Crippen LogP contribution in [0.2, 0.25) is 0 Å². The minimum atomic E-state index is -0.0300. The van der Waals surface area contributed by atoms with Crippen molar-refractivity contribution in [1.29, 1.82) is 0 Å². The van der Waals surface area contributed by atoms with E-state index in [4.69, 9.17) is 4.99 Å². The van der Waals surface area contributed by atoms with Crippen molar-refractivity contribution in [1.82, 2.24) is 16.0 Å². The summed E-state index contributed by atoms with van der Waals surface area (Å²) in [6.07, 6.45) is 1.90. The summed E-state index contributed by atoms with van der Waals surface area (Å²) in [5.41, 5.74) is 1.70. The Morgan fingerprint density at radius 2 is 1.97 bits per heavy atom. The number of hydrogen-bond acceptors (Lipinski definition) is 3. The smallest absolute Gasteiger partial charge is 0.251 e. The number of nitrogens with one attached hydrogen (secondary N) is 3. The van der Waals surface area contributed by atoms with Crippen molar-refractivity contribution in [3.63, 3.8) is 0 Å². The predicted molar refractivity (Wildman–Crippen MR) is 135 cm³/mol. The monoisotopic (exact) mass is 528 g/mol. The maximum atomic E-state index is 12.1. The number of rotatable bonds is 9. The molecule has 0 bridgehead atoms. The second-order valence-corrected chi connectivity index (χ2v) is 8.29. The molecule has 0 aliphatic rings. The van der Waals surface area contributed by atoms with E-state index < -0.39 is 0 Å². The number of hydrogen-bond donors (Lipinski definition) is 3. The number of nitrogens with zero attached hydrogens (tertiary/aromatic N) is 1. The van der Waals surface area contributed by atoms with Crippen LogP contribution in [0.4, 0.5) is 0 Å². The highest BCUT2D eigenvalue weighted by atomic mass is 127. The van der Waals surface area contributed by atoms with Crippen LogP contribution in [0.3, 0.4) is 0 Å². The van der Waals surface area contributed by atoms with Gasteiger partial charge in [0.2, 0.25) is 0 Å². The molecule has 1 heterocycles. The van der Waals surface area contributed by atoms with Gasteiger partial charge in [0.1, 0.15) is 0 Å². The molecule has 160 valence electrons. The lowest BCUT2D eigenvalue weighted by atomic mass is 10.1. The summed E-state index contributed by atoms with van der Waals surface area (Å²) < 4.78 is 0. The molecule has 1 atom stereocenters. The molecule has 0 aliphatic heterocycles. The van der Waals surface area contributed by atoms with Gasteiger partial charge < -0.3 is 16.0 Å². The Balaban J connectivity index is 0.00000420. The molecule has 1 aromatic heterocycles. The molecule has 0 saturated carbocycles. The maximum Gasteiger partial charge on any atom is 0.251 e. The van der Waals surface area contributed by atoms with E-state index >= 15 is 0 Å². The van der Waals surface area contributed by atoms with Gasteiger partial charge in [0.05, 0.1) is 6.54 Å². The molecule has 3 N–H and O–H groups in total. The molecule has 0 radical (unpaired) electrons. The van der Waals surface area contributed by atoms with Crippen LogP contribution in [0.1, 0.15) is 52.9 Å². The van der Waals surface area contributed by atoms with E-state index in [0.29, 0.717) is 18.7 Å². The first-order chi connectivity index (χ1) is 13.5. The summed E-state index contributed by atoms with van der Waals surface area (Å²) in [5, 5.41) is 9.69. The number of carbonyl (C=O) groups is 1. The van der Waals surface area contributed by atoms with Gasteiger partial charge in [-0.2, -0.15) is 0 Å². The van der Waals surface area contributed by atoms with Crippen LogP contribution >= 0.6 is 35.3 Å². The van der Waals surface area contributed by atoms with Gasteiger partial charge in [0, 0.05) is 40.9 Å². The van der Waals surface area contributed by atoms with Crippen LogP contribution in [0.5, 0.6) is 0 Å². The molecule has 1 unspecified atom stereocenters. The van der Waals surface area contributed by atoms with Crippen molar-refractivity contribution in [2.24, 2.45) is 4.99 Å². The number of guanidine groups is 1. The van der Waals surface area contributed by atoms with E-state index in [0.717, 1.165) is 30.9 Å². The fraction of sp³-hybridized carbons (Fsp3) is 0.455. The van der Waals surface area contributed by atoms with Gasteiger partial charge in [-0.3, -0.25) is 4.79 Å². The Morgan fingerprint density at radius 3 is 2.62 bits per heavy atom. The standard InChI is InChI=1S/C22H32N4OS.HI/c1-5-12-24-21(27)19-9-7-8-18(14-19)15-25-22(23-6-2)26-16(3)13-20-11-10-17(4)28-20;/h7-11,14,16H,5-6,12-13,15H2,1-4H3,(H,24,27)(H2,23,25,26);1H. The number of halogens is 1. The number of aryl methyl sites for hydroxylation is 1. The molecular weight excluding hydrogens is 495 g/mol. The predicted octanol–water partition coefficient (Wildman–Crippen LogP) is 4.50. The van der Waals surface area contributed by atoms with Gasteiger partial charge in [-0.15, -0.1) is 35.3 Å². The second-order valence-electron chi connectivity index (χ2n) is 6.91. The number of thiophene rings is 1. The molecule has 7 heteroatoms. The Morgan fingerprint density at radius 1 is 1.17 bits per heavy atom. The molecule has 29 heavy (non-hydrogen) atoms. The number of amides is 1. The van der Waals surface area contributed by atoms with Crippen LogP contribution in [-0.4, -0.2) is 31.0 Å². The zero-order chi connectivity index (χ0) is 20.4. The van der Waals surface area contributed by atoms with E-state index in [1.165, 1.54) is 9.75 Å². The maximum absolute atomic E-state index is 12.1. The van der Waals surface area contributed by atoms with Gasteiger partial charge in [-0.25, -0.2) is 4.99 Å². The molecule has 2 aromatic rings. The summed E-state index contributed by atoms with van der Waals surface area (Å²) in [6, 6.07) is 12.3. The normalized spacial score (nSPS) is 12.1. The summed E-state index contributed by atoms with van der Waals surface area (Å²) in [5.74, 6) is 0.765. The zero-order valence-electron chi connectivity index (χ0n) is 17.7. The highest BCUT2D eigenvalue weighted by Gasteiger charge is 2.09. The minimum absolute atomic E-state index is 0. The van der Waals surface area contributed by atoms with Crippen LogP contribution in [-0.2, 0) is 13.0 Å². The third-order valence-corrected chi connectivity index (χ3v) is 5.20. The Hall–Kier alpha value is -1.61. The Labute approximate surface area is 195 Å². The first-order valence-corrected chi connectivity index (χ1v) is 10.8. The molecule has 0 saturated heterocycles. The van der Waals surface area contributed by atoms with Crippen LogP contribution in [0.25, 0.3) is 0 Å². The van der Waals surface area contributed by atoms with Crippen molar-refractivity contribution in [2.45, 2.75) is 53.1 Å². The Bertz CT molecular complexity index is 791. The van der Waals surface area contributed by atoms with E-state index in [2.05, 4.69) is 48.9 Å². The van der Waals surface area contributed by atoms with E-state index in [9.17, 15) is 4.79 Å². The third-order valence-electron chi connectivity index (χ3n) is 4.18. The van der Waals surface area contributed by atoms with Crippen molar-refractivity contribution >= 4 is 47.2 Å². The fourth-order valence-electron chi connectivity index (χ4n) is 2.82. The zero-order valence-corrected chi connectivity index (χ0v) is 20.9. The molecule has 5 nitrogen and oxygen atoms in total. The lowest BCUT2D eigenvalue weighted by Crippen LogP contribution is -2.43. The summed E-state index contributed by atoms with van der Waals surface area (Å²) >= 11 is 1.84. The summed E-state index contributed by atoms with van der Waals surface area (Å²) in [7, 11) is 0. The molecule has 2 rings (SSSR count). The highest BCUT2D eigenvalue weighted by molar-refractivity contribution is 14.0. The van der Waals surface area contributed by atoms with Gasteiger partial charge in [0.15, 0.2) is 5.96 Å². The summed E-state index contributed by atoms with van der Waals surface area (Å²) in [6.45, 7) is 10.4. The van der Waals surface area contributed by atoms with E-state index in [1.54, 1.807) is 0 Å². The average molecular weight is 529 g/mol. The quantitative estimate of drug-likeness (QED) is 0.255. The van der Waals surface area contributed by atoms with Crippen molar-refractivity contribution < 1.29 is 4.79 Å². The lowest BCUT2D eigenvalue weighted by molar-refractivity contribution is 0.0953. The fourth-order valence-corrected chi connectivity index (χ4v) is 3.84. The summed E-state index contributed by atoms with van der Waals surface area (Å²) in [4.78, 5) is 19.6. The van der Waals surface area contributed by atoms with Crippen LogP contribution in [0, 0.1) is 6.92 Å². The molecule has 1 amide bonds. The second kappa shape index (κ2) is 13.6. The van der Waals surface area contributed by atoms with Crippen molar-refractivity contribution in [3.8, 4) is 0 Å². The van der Waals surface area contributed by atoms with Gasteiger partial charge in [-0.1, -0.05) is 19.1 Å².